The van der Waals surface area contributed by atoms with Crippen LogP contribution in [0.3, 0.4) is 0 Å². The average Bonchev–Trinajstić information content (AvgIpc) is 3.19. The van der Waals surface area contributed by atoms with Gasteiger partial charge in [-0.1, -0.05) is 0 Å². The van der Waals surface area contributed by atoms with Crippen LogP contribution in [0.25, 0.3) is 0 Å². The molecule has 1 aliphatic rings. The topological polar surface area (TPSA) is 42.9 Å². The molecule has 0 bridgehead atoms. The molecule has 1 fully saturated rings. The highest BCUT2D eigenvalue weighted by Gasteiger charge is 2.16. The molecular formula is C19H27FIN5S. The van der Waals surface area contributed by atoms with Crippen molar-refractivity contribution in [3.05, 3.63) is 52.5 Å². The Labute approximate surface area is 181 Å². The predicted molar refractivity (Wildman–Crippen MR) is 123 cm³/mol. The van der Waals surface area contributed by atoms with Gasteiger partial charge in [0.1, 0.15) is 5.82 Å². The van der Waals surface area contributed by atoms with Crippen LogP contribution < -0.4 is 15.5 Å². The fourth-order valence-electron chi connectivity index (χ4n) is 3.01. The van der Waals surface area contributed by atoms with Gasteiger partial charge in [-0.3, -0.25) is 9.89 Å². The smallest absolute Gasteiger partial charge is 0.191 e. The number of guanidine groups is 1. The minimum atomic E-state index is -0.181. The number of hydrogen-bond acceptors (Lipinski definition) is 4. The summed E-state index contributed by atoms with van der Waals surface area (Å²) in [6.45, 7) is 6.60. The predicted octanol–water partition coefficient (Wildman–Crippen LogP) is 2.99. The Bertz CT molecular complexity index is 685. The number of nitrogens with zero attached hydrogens (tertiary/aromatic N) is 3. The molecule has 1 aromatic heterocycles. The van der Waals surface area contributed by atoms with Gasteiger partial charge in [0.25, 0.3) is 0 Å². The summed E-state index contributed by atoms with van der Waals surface area (Å²) in [4.78, 5) is 9.02. The van der Waals surface area contributed by atoms with Crippen molar-refractivity contribution in [3.63, 3.8) is 0 Å². The van der Waals surface area contributed by atoms with E-state index in [0.29, 0.717) is 0 Å². The van der Waals surface area contributed by atoms with Gasteiger partial charge in [-0.25, -0.2) is 4.39 Å². The number of hydrogen-bond donors (Lipinski definition) is 2. The maximum absolute atomic E-state index is 13.0. The molecule has 3 rings (SSSR count). The number of rotatable bonds is 6. The SMILES string of the molecule is CN=C(NCCN1CCN(c2ccc(F)cc2)CC1)NCc1ccsc1.I. The van der Waals surface area contributed by atoms with Crippen molar-refractivity contribution in [2.45, 2.75) is 6.54 Å². The van der Waals surface area contributed by atoms with E-state index < -0.39 is 0 Å². The molecule has 27 heavy (non-hydrogen) atoms. The molecular weight excluding hydrogens is 476 g/mol. The number of anilines is 1. The van der Waals surface area contributed by atoms with Gasteiger partial charge in [0, 0.05) is 58.5 Å². The van der Waals surface area contributed by atoms with Crippen molar-refractivity contribution in [3.8, 4) is 0 Å². The lowest BCUT2D eigenvalue weighted by Gasteiger charge is -2.36. The number of aliphatic imine (C=N–C) groups is 1. The molecule has 0 amide bonds. The highest BCUT2D eigenvalue weighted by Crippen LogP contribution is 2.16. The third kappa shape index (κ3) is 6.93. The molecule has 0 aliphatic carbocycles. The highest BCUT2D eigenvalue weighted by atomic mass is 127. The third-order valence-corrected chi connectivity index (χ3v) is 5.28. The first-order valence-corrected chi connectivity index (χ1v) is 9.87. The molecule has 5 nitrogen and oxygen atoms in total. The molecule has 2 heterocycles. The Morgan fingerprint density at radius 2 is 1.85 bits per heavy atom. The molecule has 0 spiro atoms. The van der Waals surface area contributed by atoms with E-state index in [0.717, 1.165) is 57.5 Å². The maximum Gasteiger partial charge on any atom is 0.191 e. The summed E-state index contributed by atoms with van der Waals surface area (Å²) in [6.07, 6.45) is 0. The monoisotopic (exact) mass is 503 g/mol. The zero-order chi connectivity index (χ0) is 18.2. The van der Waals surface area contributed by atoms with Crippen molar-refractivity contribution < 1.29 is 4.39 Å². The summed E-state index contributed by atoms with van der Waals surface area (Å²) in [5.74, 6) is 0.653. The van der Waals surface area contributed by atoms with E-state index in [9.17, 15) is 4.39 Å². The van der Waals surface area contributed by atoms with Crippen molar-refractivity contribution in [1.29, 1.82) is 0 Å². The van der Waals surface area contributed by atoms with Crippen LogP contribution in [0.2, 0.25) is 0 Å². The number of thiophene rings is 1. The summed E-state index contributed by atoms with van der Waals surface area (Å²) in [7, 11) is 1.80. The molecule has 0 atom stereocenters. The fourth-order valence-corrected chi connectivity index (χ4v) is 3.68. The van der Waals surface area contributed by atoms with E-state index in [4.69, 9.17) is 0 Å². The Morgan fingerprint density at radius 1 is 1.11 bits per heavy atom. The van der Waals surface area contributed by atoms with Gasteiger partial charge in [0.15, 0.2) is 5.96 Å². The summed E-state index contributed by atoms with van der Waals surface area (Å²) >= 11 is 1.71. The second-order valence-corrected chi connectivity index (χ2v) is 7.07. The Hall–Kier alpha value is -1.39. The van der Waals surface area contributed by atoms with E-state index in [1.807, 2.05) is 12.1 Å². The average molecular weight is 503 g/mol. The van der Waals surface area contributed by atoms with E-state index in [-0.39, 0.29) is 29.8 Å². The summed E-state index contributed by atoms with van der Waals surface area (Å²) < 4.78 is 13.0. The van der Waals surface area contributed by atoms with Crippen LogP contribution in [0, 0.1) is 5.82 Å². The van der Waals surface area contributed by atoms with E-state index in [1.165, 1.54) is 17.7 Å². The summed E-state index contributed by atoms with van der Waals surface area (Å²) in [5.41, 5.74) is 2.37. The zero-order valence-electron chi connectivity index (χ0n) is 15.5. The third-order valence-electron chi connectivity index (χ3n) is 4.55. The van der Waals surface area contributed by atoms with Crippen LogP contribution >= 0.6 is 35.3 Å². The van der Waals surface area contributed by atoms with Crippen LogP contribution in [-0.4, -0.2) is 57.2 Å². The number of nitrogens with one attached hydrogen (secondary N) is 2. The van der Waals surface area contributed by atoms with Crippen LogP contribution in [0.5, 0.6) is 0 Å². The lowest BCUT2D eigenvalue weighted by Crippen LogP contribution is -2.49. The van der Waals surface area contributed by atoms with Crippen LogP contribution in [0.15, 0.2) is 46.1 Å². The van der Waals surface area contributed by atoms with Gasteiger partial charge >= 0.3 is 0 Å². The second-order valence-electron chi connectivity index (χ2n) is 6.29. The quantitative estimate of drug-likeness (QED) is 0.362. The molecule has 2 N–H and O–H groups in total. The molecule has 1 aliphatic heterocycles. The molecule has 2 aromatic rings. The Kier molecular flexibility index (Phi) is 9.29. The van der Waals surface area contributed by atoms with Gasteiger partial charge in [0.05, 0.1) is 0 Å². The van der Waals surface area contributed by atoms with Gasteiger partial charge in [-0.05, 0) is 46.7 Å². The van der Waals surface area contributed by atoms with Gasteiger partial charge in [0.2, 0.25) is 0 Å². The first kappa shape index (κ1) is 21.9. The van der Waals surface area contributed by atoms with E-state index in [1.54, 1.807) is 18.4 Å². The number of piperazine rings is 1. The first-order chi connectivity index (χ1) is 12.7. The summed E-state index contributed by atoms with van der Waals surface area (Å²) in [6, 6.07) is 8.89. The molecule has 8 heteroatoms. The largest absolute Gasteiger partial charge is 0.369 e. The van der Waals surface area contributed by atoms with Crippen LogP contribution in [0.4, 0.5) is 10.1 Å². The minimum absolute atomic E-state index is 0. The molecule has 1 aromatic carbocycles. The lowest BCUT2D eigenvalue weighted by molar-refractivity contribution is 0.261. The maximum atomic E-state index is 13.0. The van der Waals surface area contributed by atoms with Crippen molar-refractivity contribution in [2.24, 2.45) is 4.99 Å². The molecule has 0 saturated carbocycles. The highest BCUT2D eigenvalue weighted by molar-refractivity contribution is 14.0. The van der Waals surface area contributed by atoms with Crippen molar-refractivity contribution >= 4 is 47.0 Å². The molecule has 0 radical (unpaired) electrons. The van der Waals surface area contributed by atoms with Gasteiger partial charge in [-0.2, -0.15) is 11.3 Å². The van der Waals surface area contributed by atoms with Crippen LogP contribution in [-0.2, 0) is 6.54 Å². The zero-order valence-corrected chi connectivity index (χ0v) is 18.7. The minimum Gasteiger partial charge on any atom is -0.369 e. The van der Waals surface area contributed by atoms with Gasteiger partial charge in [-0.15, -0.1) is 24.0 Å². The lowest BCUT2D eigenvalue weighted by atomic mass is 10.2. The van der Waals surface area contributed by atoms with Crippen molar-refractivity contribution in [1.82, 2.24) is 15.5 Å². The van der Waals surface area contributed by atoms with Gasteiger partial charge < -0.3 is 15.5 Å². The first-order valence-electron chi connectivity index (χ1n) is 8.93. The number of benzene rings is 1. The van der Waals surface area contributed by atoms with Crippen LogP contribution in [0.1, 0.15) is 5.56 Å². The second kappa shape index (κ2) is 11.5. The normalized spacial score (nSPS) is 15.3. The molecule has 1 saturated heterocycles. The Balaban J connectivity index is 0.00000261. The standard InChI is InChI=1S/C19H26FN5S.HI/c1-21-19(23-14-16-6-13-26-15-16)22-7-8-24-9-11-25(12-10-24)18-4-2-17(20)3-5-18;/h2-6,13,15H,7-12,14H2,1H3,(H2,21,22,23);1H. The van der Waals surface area contributed by atoms with E-state index in [2.05, 4.69) is 42.3 Å². The van der Waals surface area contributed by atoms with Crippen molar-refractivity contribution in [2.75, 3.05) is 51.2 Å². The van der Waals surface area contributed by atoms with E-state index >= 15 is 0 Å². The molecule has 0 unspecified atom stereocenters. The number of halogens is 2. The fraction of sp³-hybridized carbons (Fsp3) is 0.421. The Morgan fingerprint density at radius 3 is 2.48 bits per heavy atom. The summed E-state index contributed by atoms with van der Waals surface area (Å²) in [5, 5.41) is 10.9. The molecule has 148 valence electrons.